The zero-order chi connectivity index (χ0) is 19.6. The fourth-order valence-corrected chi connectivity index (χ4v) is 4.90. The van der Waals surface area contributed by atoms with Gasteiger partial charge < -0.3 is 4.90 Å². The van der Waals surface area contributed by atoms with Gasteiger partial charge in [-0.1, -0.05) is 43.3 Å². The molecule has 1 amide bonds. The van der Waals surface area contributed by atoms with E-state index < -0.39 is 16.1 Å². The summed E-state index contributed by atoms with van der Waals surface area (Å²) < 4.78 is 26.4. The minimum atomic E-state index is -3.60. The van der Waals surface area contributed by atoms with Crippen LogP contribution in [0.25, 0.3) is 0 Å². The quantitative estimate of drug-likeness (QED) is 0.793. The lowest BCUT2D eigenvalue weighted by molar-refractivity contribution is -0.133. The number of carbonyl (C=O) groups is 1. The Hall–Kier alpha value is -2.34. The number of anilines is 1. The van der Waals surface area contributed by atoms with Crippen molar-refractivity contribution in [3.05, 3.63) is 65.2 Å². The van der Waals surface area contributed by atoms with Gasteiger partial charge in [-0.2, -0.15) is 0 Å². The number of sulfonamides is 1. The Bertz CT molecular complexity index is 940. The normalized spacial score (nSPS) is 15.1. The van der Waals surface area contributed by atoms with Gasteiger partial charge >= 0.3 is 0 Å². The Balaban J connectivity index is 1.93. The highest BCUT2D eigenvalue weighted by Crippen LogP contribution is 2.26. The van der Waals surface area contributed by atoms with Crippen molar-refractivity contribution in [3.63, 3.8) is 0 Å². The third kappa shape index (κ3) is 4.16. The standard InChI is InChI=1S/C21H26N2O3S/c1-4-20(23(27(3,25)26)19-11-7-8-16(2)14-19)21(24)22-13-12-17-9-5-6-10-18(17)15-22/h5-11,14,20H,4,12-13,15H2,1-3H3/t20-/m0/s1. The van der Waals surface area contributed by atoms with Crippen molar-refractivity contribution in [3.8, 4) is 0 Å². The van der Waals surface area contributed by atoms with E-state index in [1.807, 2.05) is 50.2 Å². The molecule has 1 aliphatic heterocycles. The van der Waals surface area contributed by atoms with Crippen molar-refractivity contribution in [1.29, 1.82) is 0 Å². The Morgan fingerprint density at radius 2 is 1.85 bits per heavy atom. The summed E-state index contributed by atoms with van der Waals surface area (Å²) in [6, 6.07) is 14.6. The molecule has 0 fully saturated rings. The summed E-state index contributed by atoms with van der Waals surface area (Å²) >= 11 is 0. The molecule has 1 heterocycles. The molecule has 6 heteroatoms. The predicted octanol–water partition coefficient (Wildman–Crippen LogP) is 3.12. The van der Waals surface area contributed by atoms with Crippen molar-refractivity contribution in [2.24, 2.45) is 0 Å². The van der Waals surface area contributed by atoms with Gasteiger partial charge in [0, 0.05) is 13.1 Å². The van der Waals surface area contributed by atoms with E-state index in [1.165, 1.54) is 9.87 Å². The molecule has 0 bridgehead atoms. The lowest BCUT2D eigenvalue weighted by Gasteiger charge is -2.36. The van der Waals surface area contributed by atoms with E-state index in [9.17, 15) is 13.2 Å². The molecule has 5 nitrogen and oxygen atoms in total. The molecule has 144 valence electrons. The highest BCUT2D eigenvalue weighted by atomic mass is 32.2. The molecule has 0 saturated carbocycles. The Labute approximate surface area is 161 Å². The van der Waals surface area contributed by atoms with Crippen LogP contribution in [0.4, 0.5) is 5.69 Å². The Morgan fingerprint density at radius 3 is 2.48 bits per heavy atom. The van der Waals surface area contributed by atoms with Gasteiger partial charge in [0.2, 0.25) is 15.9 Å². The topological polar surface area (TPSA) is 57.7 Å². The lowest BCUT2D eigenvalue weighted by Crippen LogP contribution is -2.51. The van der Waals surface area contributed by atoms with Gasteiger partial charge in [0.05, 0.1) is 11.9 Å². The first-order valence-electron chi connectivity index (χ1n) is 9.23. The molecule has 27 heavy (non-hydrogen) atoms. The minimum absolute atomic E-state index is 0.140. The molecule has 3 rings (SSSR count). The van der Waals surface area contributed by atoms with E-state index in [0.717, 1.165) is 23.8 Å². The molecule has 1 atom stereocenters. The second-order valence-electron chi connectivity index (χ2n) is 7.10. The summed E-state index contributed by atoms with van der Waals surface area (Å²) in [4.78, 5) is 15.1. The first-order chi connectivity index (χ1) is 12.8. The Morgan fingerprint density at radius 1 is 1.15 bits per heavy atom. The van der Waals surface area contributed by atoms with Crippen LogP contribution < -0.4 is 4.31 Å². The summed E-state index contributed by atoms with van der Waals surface area (Å²) in [7, 11) is -3.60. The molecule has 0 aromatic heterocycles. The minimum Gasteiger partial charge on any atom is -0.336 e. The fraction of sp³-hybridized carbons (Fsp3) is 0.381. The van der Waals surface area contributed by atoms with E-state index in [2.05, 4.69) is 6.07 Å². The SMILES string of the molecule is CC[C@@H](C(=O)N1CCc2ccccc2C1)N(c1cccc(C)c1)S(C)(=O)=O. The second-order valence-corrected chi connectivity index (χ2v) is 8.96. The van der Waals surface area contributed by atoms with Crippen molar-refractivity contribution in [2.45, 2.75) is 39.3 Å². The molecule has 1 aliphatic rings. The maximum atomic E-state index is 13.3. The van der Waals surface area contributed by atoms with Gasteiger partial charge in [0.15, 0.2) is 0 Å². The summed E-state index contributed by atoms with van der Waals surface area (Å²) in [5, 5.41) is 0. The highest BCUT2D eigenvalue weighted by Gasteiger charge is 2.35. The average molecular weight is 387 g/mol. The van der Waals surface area contributed by atoms with Gasteiger partial charge in [-0.3, -0.25) is 9.10 Å². The van der Waals surface area contributed by atoms with Gasteiger partial charge in [-0.15, -0.1) is 0 Å². The van der Waals surface area contributed by atoms with Gasteiger partial charge in [-0.25, -0.2) is 8.42 Å². The number of rotatable bonds is 5. The molecule has 0 unspecified atom stereocenters. The number of nitrogens with zero attached hydrogens (tertiary/aromatic N) is 2. The van der Waals surface area contributed by atoms with Crippen LogP contribution in [0.5, 0.6) is 0 Å². The maximum Gasteiger partial charge on any atom is 0.246 e. The molecule has 2 aromatic rings. The number of fused-ring (bicyclic) bond motifs is 1. The maximum absolute atomic E-state index is 13.3. The third-order valence-electron chi connectivity index (χ3n) is 5.01. The van der Waals surface area contributed by atoms with Crippen molar-refractivity contribution in [1.82, 2.24) is 4.90 Å². The van der Waals surface area contributed by atoms with Crippen molar-refractivity contribution < 1.29 is 13.2 Å². The summed E-state index contributed by atoms with van der Waals surface area (Å²) in [6.07, 6.45) is 2.37. The number of aryl methyl sites for hydroxylation is 1. The highest BCUT2D eigenvalue weighted by molar-refractivity contribution is 7.92. The van der Waals surface area contributed by atoms with Crippen molar-refractivity contribution in [2.75, 3.05) is 17.1 Å². The lowest BCUT2D eigenvalue weighted by atomic mass is 9.99. The zero-order valence-corrected chi connectivity index (χ0v) is 16.9. The third-order valence-corrected chi connectivity index (χ3v) is 6.19. The van der Waals surface area contributed by atoms with E-state index in [4.69, 9.17) is 0 Å². The van der Waals surface area contributed by atoms with Crippen LogP contribution in [0.3, 0.4) is 0 Å². The summed E-state index contributed by atoms with van der Waals surface area (Å²) in [6.45, 7) is 4.90. The van der Waals surface area contributed by atoms with E-state index >= 15 is 0 Å². The van der Waals surface area contributed by atoms with Crippen LogP contribution in [0, 0.1) is 6.92 Å². The van der Waals surface area contributed by atoms with Crippen LogP contribution in [-0.2, 0) is 27.8 Å². The predicted molar refractivity (Wildman–Crippen MR) is 108 cm³/mol. The van der Waals surface area contributed by atoms with Crippen LogP contribution in [0.1, 0.15) is 30.0 Å². The molecule has 0 spiro atoms. The average Bonchev–Trinajstić information content (AvgIpc) is 2.64. The molecule has 0 radical (unpaired) electrons. The molecule has 0 aliphatic carbocycles. The van der Waals surface area contributed by atoms with Gasteiger partial charge in [0.1, 0.15) is 6.04 Å². The van der Waals surface area contributed by atoms with Crippen molar-refractivity contribution >= 4 is 21.6 Å². The monoisotopic (exact) mass is 386 g/mol. The molecular weight excluding hydrogens is 360 g/mol. The van der Waals surface area contributed by atoms with Crippen LogP contribution >= 0.6 is 0 Å². The summed E-state index contributed by atoms with van der Waals surface area (Å²) in [5.74, 6) is -0.140. The molecular formula is C21H26N2O3S. The second kappa shape index (κ2) is 7.72. The number of hydrogen-bond acceptors (Lipinski definition) is 3. The largest absolute Gasteiger partial charge is 0.336 e. The molecule has 0 saturated heterocycles. The number of benzene rings is 2. The van der Waals surface area contributed by atoms with Crippen LogP contribution in [0.2, 0.25) is 0 Å². The van der Waals surface area contributed by atoms with Crippen LogP contribution in [-0.4, -0.2) is 38.1 Å². The zero-order valence-electron chi connectivity index (χ0n) is 16.1. The van der Waals surface area contributed by atoms with E-state index in [-0.39, 0.29) is 5.91 Å². The molecule has 2 aromatic carbocycles. The number of hydrogen-bond donors (Lipinski definition) is 0. The first kappa shape index (κ1) is 19.4. The fourth-order valence-electron chi connectivity index (χ4n) is 3.70. The van der Waals surface area contributed by atoms with Gasteiger partial charge in [-0.05, 0) is 48.6 Å². The summed E-state index contributed by atoms with van der Waals surface area (Å²) in [5.41, 5.74) is 3.88. The van der Waals surface area contributed by atoms with Crippen LogP contribution in [0.15, 0.2) is 48.5 Å². The molecule has 0 N–H and O–H groups in total. The number of carbonyl (C=O) groups excluding carboxylic acids is 1. The Kier molecular flexibility index (Phi) is 5.56. The smallest absolute Gasteiger partial charge is 0.246 e. The van der Waals surface area contributed by atoms with E-state index in [1.54, 1.807) is 11.0 Å². The van der Waals surface area contributed by atoms with Gasteiger partial charge in [0.25, 0.3) is 0 Å². The number of amides is 1. The first-order valence-corrected chi connectivity index (χ1v) is 11.1. The van der Waals surface area contributed by atoms with E-state index in [0.29, 0.717) is 25.2 Å².